The van der Waals surface area contributed by atoms with Crippen LogP contribution in [0.25, 0.3) is 0 Å². The monoisotopic (exact) mass is 391 g/mol. The van der Waals surface area contributed by atoms with Gasteiger partial charge in [0.25, 0.3) is 0 Å². The Labute approximate surface area is 148 Å². The zero-order chi connectivity index (χ0) is 17.1. The highest BCUT2D eigenvalue weighted by Gasteiger charge is 2.17. The Kier molecular flexibility index (Phi) is 4.94. The Morgan fingerprint density at radius 3 is 2.62 bits per heavy atom. The summed E-state index contributed by atoms with van der Waals surface area (Å²) < 4.78 is 11.8. The number of amides is 1. The number of hydrogen-bond acceptors (Lipinski definition) is 4. The van der Waals surface area contributed by atoms with Gasteiger partial charge in [0.15, 0.2) is 11.5 Å². The molecule has 3 rings (SSSR count). The number of aryl methyl sites for hydroxylation is 1. The van der Waals surface area contributed by atoms with Gasteiger partial charge in [-0.2, -0.15) is 0 Å². The minimum Gasteiger partial charge on any atom is -0.506 e. The number of hydrogen-bond donors (Lipinski definition) is 2. The van der Waals surface area contributed by atoms with Crippen molar-refractivity contribution in [2.45, 2.75) is 19.8 Å². The number of carbonyl (C=O) groups excluding carboxylic acids is 1. The Morgan fingerprint density at radius 2 is 1.92 bits per heavy atom. The van der Waals surface area contributed by atoms with E-state index in [1.807, 2.05) is 19.1 Å². The summed E-state index contributed by atoms with van der Waals surface area (Å²) in [5, 5.41) is 12.7. The van der Waals surface area contributed by atoms with Gasteiger partial charge < -0.3 is 19.9 Å². The molecular weight excluding hydrogens is 374 g/mol. The summed E-state index contributed by atoms with van der Waals surface area (Å²) in [6.45, 7) is 3.04. The number of phenols is 1. The maximum Gasteiger partial charge on any atom is 0.228 e. The molecule has 2 aromatic rings. The molecule has 0 aliphatic carbocycles. The minimum atomic E-state index is -0.212. The molecule has 0 radical (unpaired) electrons. The number of rotatable bonds is 4. The van der Waals surface area contributed by atoms with E-state index >= 15 is 0 Å². The Balaban J connectivity index is 1.75. The van der Waals surface area contributed by atoms with E-state index in [-0.39, 0.29) is 18.1 Å². The lowest BCUT2D eigenvalue weighted by molar-refractivity contribution is -0.115. The van der Waals surface area contributed by atoms with Crippen molar-refractivity contribution in [1.29, 1.82) is 0 Å². The molecule has 2 N–H and O–H groups in total. The van der Waals surface area contributed by atoms with Gasteiger partial charge in [-0.15, -0.1) is 0 Å². The number of benzene rings is 2. The summed E-state index contributed by atoms with van der Waals surface area (Å²) in [7, 11) is 0. The molecule has 1 amide bonds. The molecule has 5 nitrogen and oxygen atoms in total. The lowest BCUT2D eigenvalue weighted by atomic mass is 10.1. The van der Waals surface area contributed by atoms with Crippen molar-refractivity contribution in [1.82, 2.24) is 0 Å². The number of aromatic hydroxyl groups is 1. The van der Waals surface area contributed by atoms with Crippen LogP contribution >= 0.6 is 15.9 Å². The van der Waals surface area contributed by atoms with Gasteiger partial charge in [-0.3, -0.25) is 4.79 Å². The van der Waals surface area contributed by atoms with Gasteiger partial charge in [-0.05, 0) is 41.8 Å². The van der Waals surface area contributed by atoms with E-state index < -0.39 is 0 Å². The normalized spacial score (nSPS) is 12.8. The fourth-order valence-corrected chi connectivity index (χ4v) is 2.97. The van der Waals surface area contributed by atoms with E-state index in [4.69, 9.17) is 9.47 Å². The number of anilines is 1. The van der Waals surface area contributed by atoms with Crippen LogP contribution in [0.3, 0.4) is 0 Å². The molecule has 0 aromatic heterocycles. The van der Waals surface area contributed by atoms with Crippen LogP contribution in [0.1, 0.15) is 18.1 Å². The number of phenolic OH excluding ortho intramolecular Hbond substituents is 1. The molecule has 0 atom stereocenters. The van der Waals surface area contributed by atoms with E-state index in [1.165, 1.54) is 0 Å². The third-order valence-electron chi connectivity index (χ3n) is 3.81. The molecule has 0 unspecified atom stereocenters. The third-order valence-corrected chi connectivity index (χ3v) is 4.54. The maximum atomic E-state index is 12.3. The molecule has 0 bridgehead atoms. The molecule has 24 heavy (non-hydrogen) atoms. The molecule has 0 saturated carbocycles. The van der Waals surface area contributed by atoms with E-state index in [0.717, 1.165) is 22.0 Å². The van der Waals surface area contributed by atoms with Gasteiger partial charge in [0, 0.05) is 4.47 Å². The fourth-order valence-electron chi connectivity index (χ4n) is 2.51. The molecule has 2 aromatic carbocycles. The van der Waals surface area contributed by atoms with Crippen molar-refractivity contribution in [3.8, 4) is 17.2 Å². The van der Waals surface area contributed by atoms with Crippen LogP contribution in [0.5, 0.6) is 17.2 Å². The van der Waals surface area contributed by atoms with Crippen molar-refractivity contribution in [2.24, 2.45) is 0 Å². The van der Waals surface area contributed by atoms with E-state index in [0.29, 0.717) is 30.4 Å². The summed E-state index contributed by atoms with van der Waals surface area (Å²) in [4.78, 5) is 12.3. The summed E-state index contributed by atoms with van der Waals surface area (Å²) in [6.07, 6.45) is 0.990. The lowest BCUT2D eigenvalue weighted by Gasteiger charge is -2.20. The molecule has 0 fully saturated rings. The van der Waals surface area contributed by atoms with Crippen molar-refractivity contribution < 1.29 is 19.4 Å². The molecule has 126 valence electrons. The molecule has 1 aliphatic heterocycles. The average molecular weight is 392 g/mol. The van der Waals surface area contributed by atoms with Crippen LogP contribution in [0.4, 0.5) is 5.69 Å². The van der Waals surface area contributed by atoms with Crippen molar-refractivity contribution in [2.75, 3.05) is 18.5 Å². The highest BCUT2D eigenvalue weighted by Crippen LogP contribution is 2.36. The van der Waals surface area contributed by atoms with Crippen LogP contribution < -0.4 is 14.8 Å². The predicted molar refractivity (Wildman–Crippen MR) is 95.0 cm³/mol. The first-order valence-electron chi connectivity index (χ1n) is 7.76. The molecule has 6 heteroatoms. The number of nitrogens with one attached hydrogen (secondary N) is 1. The van der Waals surface area contributed by atoms with Crippen LogP contribution in [-0.4, -0.2) is 24.2 Å². The summed E-state index contributed by atoms with van der Waals surface area (Å²) in [5.74, 6) is 1.16. The molecule has 0 saturated heterocycles. The van der Waals surface area contributed by atoms with Gasteiger partial charge in [-0.25, -0.2) is 0 Å². The SMILES string of the molecule is CCc1ccc(O)c(NC(=O)Cc2cc3c(cc2Br)OCCO3)c1. The first-order chi connectivity index (χ1) is 11.6. The van der Waals surface area contributed by atoms with Gasteiger partial charge in [0.2, 0.25) is 5.91 Å². The first kappa shape index (κ1) is 16.6. The summed E-state index contributed by atoms with van der Waals surface area (Å²) in [6, 6.07) is 8.83. The second kappa shape index (κ2) is 7.13. The van der Waals surface area contributed by atoms with Crippen LogP contribution in [0, 0.1) is 0 Å². The van der Waals surface area contributed by atoms with E-state index in [2.05, 4.69) is 21.2 Å². The second-order valence-electron chi connectivity index (χ2n) is 5.52. The number of halogens is 1. The van der Waals surface area contributed by atoms with Crippen molar-refractivity contribution in [3.63, 3.8) is 0 Å². The van der Waals surface area contributed by atoms with E-state index in [9.17, 15) is 9.90 Å². The lowest BCUT2D eigenvalue weighted by Crippen LogP contribution is -2.17. The second-order valence-corrected chi connectivity index (χ2v) is 6.37. The standard InChI is InChI=1S/C18H18BrNO4/c1-2-11-3-4-15(21)14(7-11)20-18(22)9-12-8-16-17(10-13(12)19)24-6-5-23-16/h3-4,7-8,10,21H,2,5-6,9H2,1H3,(H,20,22). The van der Waals surface area contributed by atoms with Gasteiger partial charge in [0.05, 0.1) is 12.1 Å². The Morgan fingerprint density at radius 1 is 1.21 bits per heavy atom. The molecule has 1 heterocycles. The molecule has 1 aliphatic rings. The molecular formula is C18H18BrNO4. The smallest absolute Gasteiger partial charge is 0.228 e. The van der Waals surface area contributed by atoms with Gasteiger partial charge >= 0.3 is 0 Å². The third kappa shape index (κ3) is 3.64. The minimum absolute atomic E-state index is 0.0572. The highest BCUT2D eigenvalue weighted by atomic mass is 79.9. The largest absolute Gasteiger partial charge is 0.506 e. The van der Waals surface area contributed by atoms with E-state index in [1.54, 1.807) is 18.2 Å². The van der Waals surface area contributed by atoms with Crippen LogP contribution in [-0.2, 0) is 17.6 Å². The van der Waals surface area contributed by atoms with Gasteiger partial charge in [0.1, 0.15) is 19.0 Å². The van der Waals surface area contributed by atoms with Crippen LogP contribution in [0.2, 0.25) is 0 Å². The summed E-state index contributed by atoms with van der Waals surface area (Å²) in [5.41, 5.74) is 2.26. The average Bonchev–Trinajstić information content (AvgIpc) is 2.57. The fraction of sp³-hybridized carbons (Fsp3) is 0.278. The first-order valence-corrected chi connectivity index (χ1v) is 8.56. The number of carbonyl (C=O) groups is 1. The quantitative estimate of drug-likeness (QED) is 0.780. The highest BCUT2D eigenvalue weighted by molar-refractivity contribution is 9.10. The predicted octanol–water partition coefficient (Wildman–Crippen LogP) is 3.67. The topological polar surface area (TPSA) is 67.8 Å². The molecule has 0 spiro atoms. The van der Waals surface area contributed by atoms with Gasteiger partial charge in [-0.1, -0.05) is 28.9 Å². The maximum absolute atomic E-state index is 12.3. The number of fused-ring (bicyclic) bond motifs is 1. The van der Waals surface area contributed by atoms with Crippen LogP contribution in [0.15, 0.2) is 34.8 Å². The van der Waals surface area contributed by atoms with Crippen molar-refractivity contribution >= 4 is 27.5 Å². The Bertz CT molecular complexity index is 776. The summed E-state index contributed by atoms with van der Waals surface area (Å²) >= 11 is 3.46. The Hall–Kier alpha value is -2.21. The zero-order valence-electron chi connectivity index (χ0n) is 13.3. The number of ether oxygens (including phenoxy) is 2. The zero-order valence-corrected chi connectivity index (χ0v) is 14.9. The van der Waals surface area contributed by atoms with Crippen molar-refractivity contribution in [3.05, 3.63) is 45.9 Å².